The van der Waals surface area contributed by atoms with Gasteiger partial charge >= 0.3 is 6.16 Å². The molecule has 1 saturated carbocycles. The average molecular weight is 268 g/mol. The van der Waals surface area contributed by atoms with E-state index in [-0.39, 0.29) is 6.61 Å². The highest BCUT2D eigenvalue weighted by atomic mass is 16.7. The number of hydrogen-bond acceptors (Lipinski definition) is 4. The van der Waals surface area contributed by atoms with Gasteiger partial charge in [-0.2, -0.15) is 0 Å². The standard InChI is InChI=1S/C15H24O4/c1-18-15(17)19-12-8-3-2-7-11-14(16)13-9-5-4-6-10-13/h3,8,13H,2,4-7,9-12H2,1H3/b8-3+. The highest BCUT2D eigenvalue weighted by Crippen LogP contribution is 2.25. The van der Waals surface area contributed by atoms with Crippen molar-refractivity contribution in [1.82, 2.24) is 0 Å². The number of unbranched alkanes of at least 4 members (excludes halogenated alkanes) is 1. The first-order valence-corrected chi connectivity index (χ1v) is 7.12. The second-order valence-corrected chi connectivity index (χ2v) is 4.93. The smallest absolute Gasteiger partial charge is 0.438 e. The number of carbonyl (C=O) groups is 2. The van der Waals surface area contributed by atoms with Gasteiger partial charge < -0.3 is 9.47 Å². The molecular formula is C15H24O4. The molecule has 4 nitrogen and oxygen atoms in total. The van der Waals surface area contributed by atoms with Crippen LogP contribution in [0.5, 0.6) is 0 Å². The van der Waals surface area contributed by atoms with Crippen LogP contribution in [-0.2, 0) is 14.3 Å². The quantitative estimate of drug-likeness (QED) is 0.402. The monoisotopic (exact) mass is 268 g/mol. The highest BCUT2D eigenvalue weighted by Gasteiger charge is 2.19. The van der Waals surface area contributed by atoms with Gasteiger partial charge in [0.15, 0.2) is 0 Å². The summed E-state index contributed by atoms with van der Waals surface area (Å²) in [5.41, 5.74) is 0. The van der Waals surface area contributed by atoms with E-state index in [1.165, 1.54) is 26.4 Å². The van der Waals surface area contributed by atoms with Crippen molar-refractivity contribution in [3.63, 3.8) is 0 Å². The minimum absolute atomic E-state index is 0.225. The summed E-state index contributed by atoms with van der Waals surface area (Å²) >= 11 is 0. The van der Waals surface area contributed by atoms with E-state index in [0.717, 1.165) is 25.7 Å². The average Bonchev–Trinajstić information content (AvgIpc) is 2.46. The first kappa shape index (κ1) is 15.7. The highest BCUT2D eigenvalue weighted by molar-refractivity contribution is 5.81. The van der Waals surface area contributed by atoms with Crippen LogP contribution in [0.1, 0.15) is 51.4 Å². The van der Waals surface area contributed by atoms with Gasteiger partial charge in [0.1, 0.15) is 12.4 Å². The van der Waals surface area contributed by atoms with Gasteiger partial charge in [0.2, 0.25) is 0 Å². The SMILES string of the molecule is COC(=O)OC/C=C/CCCC(=O)C1CCCCC1. The van der Waals surface area contributed by atoms with Crippen molar-refractivity contribution in [2.45, 2.75) is 51.4 Å². The molecule has 108 valence electrons. The summed E-state index contributed by atoms with van der Waals surface area (Å²) in [6.45, 7) is 0.225. The van der Waals surface area contributed by atoms with Gasteiger partial charge in [0.05, 0.1) is 7.11 Å². The molecule has 1 aliphatic carbocycles. The fourth-order valence-corrected chi connectivity index (χ4v) is 2.38. The maximum atomic E-state index is 11.9. The summed E-state index contributed by atoms with van der Waals surface area (Å²) in [6.07, 6.45) is 11.3. The van der Waals surface area contributed by atoms with Crippen LogP contribution in [0.3, 0.4) is 0 Å². The van der Waals surface area contributed by atoms with E-state index < -0.39 is 6.16 Å². The number of ether oxygens (including phenoxy) is 2. The Morgan fingerprint density at radius 2 is 1.89 bits per heavy atom. The van der Waals surface area contributed by atoms with Crippen LogP contribution in [0.15, 0.2) is 12.2 Å². The molecule has 0 aromatic rings. The Morgan fingerprint density at radius 3 is 2.58 bits per heavy atom. The Kier molecular flexibility index (Phi) is 7.94. The molecule has 19 heavy (non-hydrogen) atoms. The third-order valence-electron chi connectivity index (χ3n) is 3.49. The largest absolute Gasteiger partial charge is 0.508 e. The first-order valence-electron chi connectivity index (χ1n) is 7.12. The minimum atomic E-state index is -0.669. The molecule has 0 bridgehead atoms. The predicted octanol–water partition coefficient (Wildman–Crippen LogP) is 3.65. The zero-order valence-corrected chi connectivity index (χ0v) is 11.7. The lowest BCUT2D eigenvalue weighted by Gasteiger charge is -2.19. The van der Waals surface area contributed by atoms with Crippen LogP contribution < -0.4 is 0 Å². The second-order valence-electron chi connectivity index (χ2n) is 4.93. The van der Waals surface area contributed by atoms with Crippen LogP contribution in [0, 0.1) is 5.92 Å². The van der Waals surface area contributed by atoms with Gasteiger partial charge in [0, 0.05) is 12.3 Å². The molecule has 0 unspecified atom stereocenters. The van der Waals surface area contributed by atoms with E-state index in [4.69, 9.17) is 4.74 Å². The molecule has 0 heterocycles. The molecule has 0 amide bonds. The molecule has 0 radical (unpaired) electrons. The zero-order valence-electron chi connectivity index (χ0n) is 11.7. The molecule has 0 aliphatic heterocycles. The van der Waals surface area contributed by atoms with E-state index in [9.17, 15) is 9.59 Å². The van der Waals surface area contributed by atoms with E-state index in [2.05, 4.69) is 4.74 Å². The molecule has 0 aromatic heterocycles. The van der Waals surface area contributed by atoms with Crippen molar-refractivity contribution >= 4 is 11.9 Å². The van der Waals surface area contributed by atoms with Gasteiger partial charge in [-0.1, -0.05) is 31.4 Å². The Labute approximate surface area is 115 Å². The summed E-state index contributed by atoms with van der Waals surface area (Å²) in [5.74, 6) is 0.749. The summed E-state index contributed by atoms with van der Waals surface area (Å²) in [7, 11) is 1.28. The Hall–Kier alpha value is -1.32. The molecule has 1 aliphatic rings. The lowest BCUT2D eigenvalue weighted by Crippen LogP contribution is -2.17. The second kappa shape index (κ2) is 9.59. The Balaban J connectivity index is 2.01. The molecule has 0 N–H and O–H groups in total. The molecule has 4 heteroatoms. The fourth-order valence-electron chi connectivity index (χ4n) is 2.38. The maximum Gasteiger partial charge on any atom is 0.508 e. The third kappa shape index (κ3) is 6.99. The van der Waals surface area contributed by atoms with Gasteiger partial charge in [-0.3, -0.25) is 4.79 Å². The van der Waals surface area contributed by atoms with Gasteiger partial charge in [-0.25, -0.2) is 4.79 Å². The molecule has 1 rings (SSSR count). The summed E-state index contributed by atoms with van der Waals surface area (Å²) in [5, 5.41) is 0. The fraction of sp³-hybridized carbons (Fsp3) is 0.733. The normalized spacial score (nSPS) is 16.5. The van der Waals surface area contributed by atoms with Crippen molar-refractivity contribution in [3.8, 4) is 0 Å². The molecule has 0 spiro atoms. The van der Waals surface area contributed by atoms with Crippen molar-refractivity contribution in [2.24, 2.45) is 5.92 Å². The molecular weight excluding hydrogens is 244 g/mol. The zero-order chi connectivity index (χ0) is 13.9. The minimum Gasteiger partial charge on any atom is -0.438 e. The van der Waals surface area contributed by atoms with E-state index in [1.807, 2.05) is 6.08 Å². The molecule has 1 fully saturated rings. The number of rotatable bonds is 7. The van der Waals surface area contributed by atoms with Crippen LogP contribution in [-0.4, -0.2) is 25.7 Å². The van der Waals surface area contributed by atoms with Crippen LogP contribution >= 0.6 is 0 Å². The molecule has 0 aromatic carbocycles. The number of hydrogen-bond donors (Lipinski definition) is 0. The van der Waals surface area contributed by atoms with E-state index in [1.54, 1.807) is 6.08 Å². The van der Waals surface area contributed by atoms with E-state index >= 15 is 0 Å². The van der Waals surface area contributed by atoms with Crippen LogP contribution in [0.4, 0.5) is 4.79 Å². The summed E-state index contributed by atoms with van der Waals surface area (Å²) < 4.78 is 9.04. The number of allylic oxidation sites excluding steroid dienone is 1. The van der Waals surface area contributed by atoms with Crippen molar-refractivity contribution in [3.05, 3.63) is 12.2 Å². The van der Waals surface area contributed by atoms with Gasteiger partial charge in [-0.05, 0) is 25.7 Å². The number of ketones is 1. The lowest BCUT2D eigenvalue weighted by molar-refractivity contribution is -0.123. The summed E-state index contributed by atoms with van der Waals surface area (Å²) in [6, 6.07) is 0. The van der Waals surface area contributed by atoms with E-state index in [0.29, 0.717) is 18.1 Å². The first-order chi connectivity index (χ1) is 9.24. The Morgan fingerprint density at radius 1 is 1.16 bits per heavy atom. The molecule has 0 saturated heterocycles. The van der Waals surface area contributed by atoms with Crippen molar-refractivity contribution in [2.75, 3.05) is 13.7 Å². The maximum absolute atomic E-state index is 11.9. The number of carbonyl (C=O) groups excluding carboxylic acids is 2. The lowest BCUT2D eigenvalue weighted by atomic mass is 9.85. The van der Waals surface area contributed by atoms with Crippen molar-refractivity contribution < 1.29 is 19.1 Å². The Bertz CT molecular complexity index is 303. The number of methoxy groups -OCH3 is 1. The van der Waals surface area contributed by atoms with Gasteiger partial charge in [0.25, 0.3) is 0 Å². The predicted molar refractivity (Wildman–Crippen MR) is 72.9 cm³/mol. The number of Topliss-reactive ketones (excluding diaryl/α,β-unsaturated/α-hetero) is 1. The topological polar surface area (TPSA) is 52.6 Å². The van der Waals surface area contributed by atoms with Crippen LogP contribution in [0.25, 0.3) is 0 Å². The summed E-state index contributed by atoms with van der Waals surface area (Å²) in [4.78, 5) is 22.5. The molecule has 0 atom stereocenters. The van der Waals surface area contributed by atoms with Crippen molar-refractivity contribution in [1.29, 1.82) is 0 Å². The van der Waals surface area contributed by atoms with Crippen LogP contribution in [0.2, 0.25) is 0 Å². The van der Waals surface area contributed by atoms with Gasteiger partial charge in [-0.15, -0.1) is 0 Å². The third-order valence-corrected chi connectivity index (χ3v) is 3.49.